The Kier molecular flexibility index (Phi) is 3.74. The molecule has 2 aliphatic rings. The molecule has 0 spiro atoms. The fraction of sp³-hybridized carbons (Fsp3) is 0.647. The van der Waals surface area contributed by atoms with Crippen molar-refractivity contribution in [3.05, 3.63) is 29.8 Å². The van der Waals surface area contributed by atoms with Crippen LogP contribution < -0.4 is 10.1 Å². The summed E-state index contributed by atoms with van der Waals surface area (Å²) in [7, 11) is 0. The van der Waals surface area contributed by atoms with Gasteiger partial charge < -0.3 is 14.8 Å². The molecule has 3 rings (SSSR count). The molecule has 2 fully saturated rings. The third kappa shape index (κ3) is 2.23. The van der Waals surface area contributed by atoms with E-state index in [1.807, 2.05) is 19.1 Å². The van der Waals surface area contributed by atoms with Crippen LogP contribution in [0.3, 0.4) is 0 Å². The van der Waals surface area contributed by atoms with E-state index in [0.29, 0.717) is 24.7 Å². The highest BCUT2D eigenvalue weighted by molar-refractivity contribution is 5.33. The van der Waals surface area contributed by atoms with Crippen molar-refractivity contribution in [2.24, 2.45) is 11.3 Å². The minimum atomic E-state index is 0.238. The fourth-order valence-corrected chi connectivity index (χ4v) is 3.90. The van der Waals surface area contributed by atoms with E-state index in [1.165, 1.54) is 12.0 Å². The number of fused-ring (bicyclic) bond motifs is 1. The summed E-state index contributed by atoms with van der Waals surface area (Å²) >= 11 is 0. The van der Waals surface area contributed by atoms with Crippen LogP contribution in [0.1, 0.15) is 32.8 Å². The van der Waals surface area contributed by atoms with Gasteiger partial charge in [-0.1, -0.05) is 32.0 Å². The lowest BCUT2D eigenvalue weighted by molar-refractivity contribution is -0.113. The van der Waals surface area contributed by atoms with Crippen molar-refractivity contribution in [3.8, 4) is 5.75 Å². The average Bonchev–Trinajstić information content (AvgIpc) is 2.88. The van der Waals surface area contributed by atoms with Crippen molar-refractivity contribution < 1.29 is 9.47 Å². The van der Waals surface area contributed by atoms with Crippen LogP contribution in [0.25, 0.3) is 0 Å². The molecule has 3 unspecified atom stereocenters. The summed E-state index contributed by atoms with van der Waals surface area (Å²) in [4.78, 5) is 0. The van der Waals surface area contributed by atoms with Gasteiger partial charge in [0.1, 0.15) is 5.75 Å². The number of ether oxygens (including phenoxy) is 2. The molecule has 1 aliphatic carbocycles. The van der Waals surface area contributed by atoms with Gasteiger partial charge in [0.15, 0.2) is 0 Å². The van der Waals surface area contributed by atoms with E-state index in [-0.39, 0.29) is 5.41 Å². The van der Waals surface area contributed by atoms with Crippen LogP contribution in [0.4, 0.5) is 0 Å². The Balaban J connectivity index is 1.65. The molecular formula is C17H25NO2. The van der Waals surface area contributed by atoms with Gasteiger partial charge in [0.05, 0.1) is 12.7 Å². The largest absolute Gasteiger partial charge is 0.494 e. The van der Waals surface area contributed by atoms with E-state index in [0.717, 1.165) is 18.9 Å². The first-order valence-corrected chi connectivity index (χ1v) is 7.70. The Morgan fingerprint density at radius 3 is 2.95 bits per heavy atom. The van der Waals surface area contributed by atoms with E-state index in [2.05, 4.69) is 31.3 Å². The molecule has 1 aromatic carbocycles. The fourth-order valence-electron chi connectivity index (χ4n) is 3.90. The molecule has 1 aromatic rings. The van der Waals surface area contributed by atoms with E-state index in [1.54, 1.807) is 0 Å². The third-order valence-corrected chi connectivity index (χ3v) is 4.89. The van der Waals surface area contributed by atoms with E-state index in [9.17, 15) is 0 Å². The quantitative estimate of drug-likeness (QED) is 0.896. The highest BCUT2D eigenvalue weighted by atomic mass is 16.5. The summed E-state index contributed by atoms with van der Waals surface area (Å²) in [5.41, 5.74) is 1.48. The Hall–Kier alpha value is -1.06. The second kappa shape index (κ2) is 5.38. The first-order valence-electron chi connectivity index (χ1n) is 7.70. The molecule has 1 heterocycles. The molecule has 1 N–H and O–H groups in total. The molecule has 0 bridgehead atoms. The summed E-state index contributed by atoms with van der Waals surface area (Å²) in [5.74, 6) is 1.68. The molecule has 0 aromatic heterocycles. The van der Waals surface area contributed by atoms with Crippen molar-refractivity contribution in [2.45, 2.75) is 45.9 Å². The van der Waals surface area contributed by atoms with E-state index < -0.39 is 0 Å². The highest BCUT2D eigenvalue weighted by Gasteiger charge is 2.58. The predicted molar refractivity (Wildman–Crippen MR) is 79.9 cm³/mol. The molecule has 3 heteroatoms. The van der Waals surface area contributed by atoms with Gasteiger partial charge in [-0.3, -0.25) is 0 Å². The van der Waals surface area contributed by atoms with Gasteiger partial charge in [-0.2, -0.15) is 0 Å². The normalized spacial score (nSPS) is 30.6. The van der Waals surface area contributed by atoms with Gasteiger partial charge in [-0.15, -0.1) is 0 Å². The minimum absolute atomic E-state index is 0.238. The summed E-state index contributed by atoms with van der Waals surface area (Å²) in [5, 5.41) is 3.74. The van der Waals surface area contributed by atoms with E-state index in [4.69, 9.17) is 9.47 Å². The van der Waals surface area contributed by atoms with Crippen molar-refractivity contribution in [2.75, 3.05) is 13.2 Å². The van der Waals surface area contributed by atoms with Crippen LogP contribution >= 0.6 is 0 Å². The predicted octanol–water partition coefficient (Wildman–Crippen LogP) is 2.99. The lowest BCUT2D eigenvalue weighted by Crippen LogP contribution is -2.65. The number of hydrogen-bond donors (Lipinski definition) is 1. The van der Waals surface area contributed by atoms with Gasteiger partial charge >= 0.3 is 0 Å². The topological polar surface area (TPSA) is 30.5 Å². The molecular weight excluding hydrogens is 250 g/mol. The molecule has 1 saturated carbocycles. The maximum Gasteiger partial charge on any atom is 0.123 e. The zero-order valence-electron chi connectivity index (χ0n) is 12.7. The van der Waals surface area contributed by atoms with Gasteiger partial charge in [0.25, 0.3) is 0 Å². The summed E-state index contributed by atoms with van der Waals surface area (Å²) in [6.07, 6.45) is 1.64. The Morgan fingerprint density at radius 1 is 1.35 bits per heavy atom. The van der Waals surface area contributed by atoms with Gasteiger partial charge in [0.2, 0.25) is 0 Å². The average molecular weight is 275 g/mol. The van der Waals surface area contributed by atoms with Gasteiger partial charge in [0, 0.05) is 36.1 Å². The summed E-state index contributed by atoms with van der Waals surface area (Å²) in [6, 6.07) is 8.85. The number of para-hydroxylation sites is 1. The standard InChI is InChI=1S/C17H25NO2/c1-4-19-14-8-6-5-7-12(14)11-18-15-13-9-10-20-16(13)17(15,2)3/h5-8,13,15-16,18H,4,9-11H2,1-3H3. The first kappa shape index (κ1) is 13.9. The van der Waals surface area contributed by atoms with Crippen molar-refractivity contribution >= 4 is 0 Å². The van der Waals surface area contributed by atoms with Crippen LogP contribution in [0.2, 0.25) is 0 Å². The van der Waals surface area contributed by atoms with Crippen LogP contribution in [0.5, 0.6) is 5.75 Å². The zero-order valence-corrected chi connectivity index (χ0v) is 12.7. The molecule has 1 saturated heterocycles. The Bertz CT molecular complexity index is 472. The number of benzene rings is 1. The maximum atomic E-state index is 5.85. The Labute approximate surface area is 121 Å². The zero-order chi connectivity index (χ0) is 14.2. The second-order valence-electron chi connectivity index (χ2n) is 6.46. The van der Waals surface area contributed by atoms with Gasteiger partial charge in [-0.05, 0) is 19.4 Å². The van der Waals surface area contributed by atoms with E-state index >= 15 is 0 Å². The maximum absolute atomic E-state index is 5.85. The highest BCUT2D eigenvalue weighted by Crippen LogP contribution is 2.52. The third-order valence-electron chi connectivity index (χ3n) is 4.89. The van der Waals surface area contributed by atoms with Crippen LogP contribution in [0.15, 0.2) is 24.3 Å². The Morgan fingerprint density at radius 2 is 2.15 bits per heavy atom. The molecule has 0 amide bonds. The van der Waals surface area contributed by atoms with Crippen molar-refractivity contribution in [3.63, 3.8) is 0 Å². The monoisotopic (exact) mass is 275 g/mol. The van der Waals surface area contributed by atoms with Gasteiger partial charge in [-0.25, -0.2) is 0 Å². The molecule has 20 heavy (non-hydrogen) atoms. The lowest BCUT2D eigenvalue weighted by atomic mass is 9.57. The smallest absolute Gasteiger partial charge is 0.123 e. The number of hydrogen-bond acceptors (Lipinski definition) is 3. The molecule has 3 nitrogen and oxygen atoms in total. The molecule has 0 radical (unpaired) electrons. The molecule has 110 valence electrons. The minimum Gasteiger partial charge on any atom is -0.494 e. The van der Waals surface area contributed by atoms with Crippen LogP contribution in [-0.2, 0) is 11.3 Å². The summed E-state index contributed by atoms with van der Waals surface area (Å²) in [6.45, 7) is 9.15. The first-order chi connectivity index (χ1) is 9.64. The van der Waals surface area contributed by atoms with Crippen LogP contribution in [-0.4, -0.2) is 25.4 Å². The molecule has 1 aliphatic heterocycles. The second-order valence-corrected chi connectivity index (χ2v) is 6.46. The number of rotatable bonds is 5. The van der Waals surface area contributed by atoms with Crippen LogP contribution in [0, 0.1) is 11.3 Å². The summed E-state index contributed by atoms with van der Waals surface area (Å²) < 4.78 is 11.5. The lowest BCUT2D eigenvalue weighted by Gasteiger charge is -2.55. The van der Waals surface area contributed by atoms with Crippen molar-refractivity contribution in [1.82, 2.24) is 5.32 Å². The van der Waals surface area contributed by atoms with Crippen molar-refractivity contribution in [1.29, 1.82) is 0 Å². The molecule has 3 atom stereocenters. The number of nitrogens with one attached hydrogen (secondary N) is 1. The SMILES string of the molecule is CCOc1ccccc1CNC1C2CCOC2C1(C)C.